The molecule has 0 aliphatic heterocycles. The summed E-state index contributed by atoms with van der Waals surface area (Å²) < 4.78 is 11.2. The molecule has 2 rings (SSSR count). The minimum absolute atomic E-state index is 0.0615. The normalized spacial score (nSPS) is 12.0. The van der Waals surface area contributed by atoms with Crippen LogP contribution in [0.25, 0.3) is 0 Å². The lowest BCUT2D eigenvalue weighted by Gasteiger charge is -2.23. The number of hydrogen-bond donors (Lipinski definition) is 0. The number of ether oxygens (including phenoxy) is 2. The fourth-order valence-corrected chi connectivity index (χ4v) is 2.59. The van der Waals surface area contributed by atoms with Gasteiger partial charge >= 0.3 is 5.97 Å². The van der Waals surface area contributed by atoms with Gasteiger partial charge in [0, 0.05) is 13.0 Å². The Kier molecular flexibility index (Phi) is 7.48. The van der Waals surface area contributed by atoms with Crippen molar-refractivity contribution in [3.05, 3.63) is 65.7 Å². The molecule has 4 nitrogen and oxygen atoms in total. The van der Waals surface area contributed by atoms with Crippen molar-refractivity contribution < 1.29 is 14.3 Å². The van der Waals surface area contributed by atoms with Gasteiger partial charge in [0.25, 0.3) is 0 Å². The summed E-state index contributed by atoms with van der Waals surface area (Å²) in [5.41, 5.74) is 2.34. The van der Waals surface area contributed by atoms with Gasteiger partial charge in [-0.25, -0.2) is 0 Å². The van der Waals surface area contributed by atoms with Crippen molar-refractivity contribution in [3.8, 4) is 5.75 Å². The first-order chi connectivity index (χ1) is 12.1. The van der Waals surface area contributed by atoms with E-state index in [1.165, 1.54) is 5.56 Å². The number of likely N-dealkylation sites (N-methyl/N-ethyl adjacent to an activating group) is 1. The first kappa shape index (κ1) is 19.0. The molecule has 0 aliphatic carbocycles. The fraction of sp³-hybridized carbons (Fsp3) is 0.381. The van der Waals surface area contributed by atoms with Crippen molar-refractivity contribution >= 4 is 5.97 Å². The van der Waals surface area contributed by atoms with E-state index in [1.54, 1.807) is 0 Å². The lowest BCUT2D eigenvalue weighted by atomic mass is 10.1. The number of esters is 1. The Labute approximate surface area is 150 Å². The third-order valence-corrected chi connectivity index (χ3v) is 3.95. The molecule has 1 atom stereocenters. The highest BCUT2D eigenvalue weighted by Crippen LogP contribution is 2.25. The first-order valence-electron chi connectivity index (χ1n) is 8.71. The zero-order valence-corrected chi connectivity index (χ0v) is 15.3. The molecule has 2 aromatic carbocycles. The second-order valence-corrected chi connectivity index (χ2v) is 6.16. The molecule has 0 saturated carbocycles. The average Bonchev–Trinajstić information content (AvgIpc) is 2.61. The van der Waals surface area contributed by atoms with E-state index in [0.29, 0.717) is 13.2 Å². The fourth-order valence-electron chi connectivity index (χ4n) is 2.59. The Morgan fingerprint density at radius 2 is 1.76 bits per heavy atom. The molecule has 0 amide bonds. The number of nitrogens with zero attached hydrogens (tertiary/aromatic N) is 1. The minimum atomic E-state index is -0.194. The van der Waals surface area contributed by atoms with Crippen LogP contribution in [-0.2, 0) is 9.53 Å². The molecule has 0 unspecified atom stereocenters. The van der Waals surface area contributed by atoms with Gasteiger partial charge in [-0.1, -0.05) is 48.0 Å². The Bertz CT molecular complexity index is 640. The van der Waals surface area contributed by atoms with E-state index in [1.807, 2.05) is 61.3 Å². The summed E-state index contributed by atoms with van der Waals surface area (Å²) in [5.74, 6) is 0.660. The molecule has 134 valence electrons. The summed E-state index contributed by atoms with van der Waals surface area (Å²) >= 11 is 0. The molecule has 0 fully saturated rings. The Morgan fingerprint density at radius 3 is 2.40 bits per heavy atom. The molecule has 0 bridgehead atoms. The molecule has 0 spiro atoms. The number of aryl methyl sites for hydroxylation is 1. The van der Waals surface area contributed by atoms with Gasteiger partial charge < -0.3 is 9.47 Å². The smallest absolute Gasteiger partial charge is 0.320 e. The Hall–Kier alpha value is -2.33. The van der Waals surface area contributed by atoms with Gasteiger partial charge in [-0.3, -0.25) is 9.69 Å². The maximum atomic E-state index is 11.6. The maximum absolute atomic E-state index is 11.6. The lowest BCUT2D eigenvalue weighted by Crippen LogP contribution is -2.29. The van der Waals surface area contributed by atoms with Crippen LogP contribution < -0.4 is 4.74 Å². The predicted octanol–water partition coefficient (Wildman–Crippen LogP) is 4.00. The van der Waals surface area contributed by atoms with E-state index in [2.05, 4.69) is 19.1 Å². The van der Waals surface area contributed by atoms with Gasteiger partial charge in [0.2, 0.25) is 0 Å². The summed E-state index contributed by atoms with van der Waals surface area (Å²) in [6.45, 7) is 5.32. The van der Waals surface area contributed by atoms with Crippen LogP contribution in [0.5, 0.6) is 5.75 Å². The zero-order valence-electron chi connectivity index (χ0n) is 15.3. The van der Waals surface area contributed by atoms with Crippen LogP contribution in [0.4, 0.5) is 0 Å². The summed E-state index contributed by atoms with van der Waals surface area (Å²) in [4.78, 5) is 13.6. The van der Waals surface area contributed by atoms with Crippen LogP contribution >= 0.6 is 0 Å². The summed E-state index contributed by atoms with van der Waals surface area (Å²) in [6, 6.07) is 18.3. The van der Waals surface area contributed by atoms with Crippen molar-refractivity contribution in [2.24, 2.45) is 0 Å². The number of carbonyl (C=O) groups is 1. The van der Waals surface area contributed by atoms with Crippen LogP contribution in [-0.4, -0.2) is 37.6 Å². The minimum Gasteiger partial charge on any atom is -0.486 e. The van der Waals surface area contributed by atoms with Crippen molar-refractivity contribution in [1.82, 2.24) is 4.90 Å². The summed E-state index contributed by atoms with van der Waals surface area (Å²) in [6.07, 6.45) is 0.724. The number of benzene rings is 2. The van der Waals surface area contributed by atoms with E-state index in [9.17, 15) is 4.79 Å². The summed E-state index contributed by atoms with van der Waals surface area (Å²) in [5, 5.41) is 0. The highest BCUT2D eigenvalue weighted by molar-refractivity contribution is 5.71. The van der Waals surface area contributed by atoms with Gasteiger partial charge in [0.15, 0.2) is 0 Å². The summed E-state index contributed by atoms with van der Waals surface area (Å²) in [7, 11) is 1.92. The number of hydrogen-bond acceptors (Lipinski definition) is 4. The third-order valence-electron chi connectivity index (χ3n) is 3.95. The van der Waals surface area contributed by atoms with Crippen LogP contribution in [0.15, 0.2) is 54.6 Å². The standard InChI is InChI=1S/C21H27NO3/c1-4-24-21(23)16-22(3)15-14-20(18-8-6-5-7-9-18)25-19-12-10-17(2)11-13-19/h5-13,20H,4,14-16H2,1-3H3/t20-/m1/s1. The monoisotopic (exact) mass is 341 g/mol. The Balaban J connectivity index is 2.00. The van der Waals surface area contributed by atoms with Crippen molar-refractivity contribution in [1.29, 1.82) is 0 Å². The van der Waals surface area contributed by atoms with E-state index in [-0.39, 0.29) is 12.1 Å². The third kappa shape index (κ3) is 6.59. The highest BCUT2D eigenvalue weighted by Gasteiger charge is 2.16. The Morgan fingerprint density at radius 1 is 1.08 bits per heavy atom. The number of rotatable bonds is 9. The molecule has 0 saturated heterocycles. The van der Waals surface area contributed by atoms with Crippen LogP contribution in [0.2, 0.25) is 0 Å². The van der Waals surface area contributed by atoms with Gasteiger partial charge in [0.1, 0.15) is 11.9 Å². The van der Waals surface area contributed by atoms with Gasteiger partial charge in [-0.05, 0) is 38.6 Å². The van der Waals surface area contributed by atoms with Gasteiger partial charge in [-0.15, -0.1) is 0 Å². The molecule has 4 heteroatoms. The van der Waals surface area contributed by atoms with Crippen LogP contribution in [0, 0.1) is 6.92 Å². The quantitative estimate of drug-likeness (QED) is 0.646. The maximum Gasteiger partial charge on any atom is 0.320 e. The van der Waals surface area contributed by atoms with E-state index in [4.69, 9.17) is 9.47 Å². The van der Waals surface area contributed by atoms with Crippen LogP contribution in [0.3, 0.4) is 0 Å². The SMILES string of the molecule is CCOC(=O)CN(C)CC[C@@H](Oc1ccc(C)cc1)c1ccccc1. The molecular formula is C21H27NO3. The predicted molar refractivity (Wildman–Crippen MR) is 99.7 cm³/mol. The van der Waals surface area contributed by atoms with Crippen molar-refractivity contribution in [3.63, 3.8) is 0 Å². The zero-order chi connectivity index (χ0) is 18.1. The molecular weight excluding hydrogens is 314 g/mol. The average molecular weight is 341 g/mol. The number of carbonyl (C=O) groups excluding carboxylic acids is 1. The second-order valence-electron chi connectivity index (χ2n) is 6.16. The van der Waals surface area contributed by atoms with Crippen LogP contribution in [0.1, 0.15) is 30.6 Å². The topological polar surface area (TPSA) is 38.8 Å². The largest absolute Gasteiger partial charge is 0.486 e. The molecule has 0 aliphatic rings. The lowest BCUT2D eigenvalue weighted by molar-refractivity contribution is -0.144. The molecule has 0 heterocycles. The molecule has 2 aromatic rings. The first-order valence-corrected chi connectivity index (χ1v) is 8.71. The van der Waals surface area contributed by atoms with Gasteiger partial charge in [0.05, 0.1) is 13.2 Å². The molecule has 0 N–H and O–H groups in total. The highest BCUT2D eigenvalue weighted by atomic mass is 16.5. The molecule has 0 aromatic heterocycles. The van der Waals surface area contributed by atoms with Crippen molar-refractivity contribution in [2.75, 3.05) is 26.7 Å². The van der Waals surface area contributed by atoms with E-state index in [0.717, 1.165) is 24.3 Å². The van der Waals surface area contributed by atoms with E-state index >= 15 is 0 Å². The second kappa shape index (κ2) is 9.84. The van der Waals surface area contributed by atoms with Crippen molar-refractivity contribution in [2.45, 2.75) is 26.4 Å². The molecule has 0 radical (unpaired) electrons. The molecule has 25 heavy (non-hydrogen) atoms. The van der Waals surface area contributed by atoms with E-state index < -0.39 is 0 Å². The van der Waals surface area contributed by atoms with Gasteiger partial charge in [-0.2, -0.15) is 0 Å².